The fraction of sp³-hybridized carbons (Fsp3) is 0.462. The van der Waals surface area contributed by atoms with Gasteiger partial charge in [-0.1, -0.05) is 6.07 Å². The lowest BCUT2D eigenvalue weighted by Crippen LogP contribution is -2.29. The molecule has 1 aliphatic rings. The molecule has 0 spiro atoms. The highest BCUT2D eigenvalue weighted by Crippen LogP contribution is 2.17. The molecule has 3 rings (SSSR count). The molecule has 0 amide bonds. The van der Waals surface area contributed by atoms with E-state index in [1.165, 1.54) is 0 Å². The molecule has 19 heavy (non-hydrogen) atoms. The van der Waals surface area contributed by atoms with Crippen LogP contribution in [0.15, 0.2) is 22.6 Å². The van der Waals surface area contributed by atoms with Crippen molar-refractivity contribution in [2.45, 2.75) is 25.9 Å². The van der Waals surface area contributed by atoms with Gasteiger partial charge in [-0.25, -0.2) is 13.4 Å². The molecule has 2 aromatic rings. The van der Waals surface area contributed by atoms with Gasteiger partial charge in [-0.15, -0.1) is 0 Å². The van der Waals surface area contributed by atoms with Crippen molar-refractivity contribution < 1.29 is 12.8 Å². The number of aromatic nitrogens is 1. The summed E-state index contributed by atoms with van der Waals surface area (Å²) in [5.74, 6) is 1.09. The van der Waals surface area contributed by atoms with Crippen LogP contribution in [0.2, 0.25) is 0 Å². The molecule has 0 saturated carbocycles. The lowest BCUT2D eigenvalue weighted by Gasteiger charge is -2.07. The van der Waals surface area contributed by atoms with Gasteiger partial charge in [-0.3, -0.25) is 0 Å². The first-order valence-electron chi connectivity index (χ1n) is 6.32. The molecular formula is C13H16N2O3S. The van der Waals surface area contributed by atoms with Crippen molar-refractivity contribution in [2.75, 3.05) is 11.5 Å². The Balaban J connectivity index is 1.69. The van der Waals surface area contributed by atoms with Crippen molar-refractivity contribution in [3.63, 3.8) is 0 Å². The largest absolute Gasteiger partial charge is 0.439 e. The Morgan fingerprint density at radius 1 is 1.47 bits per heavy atom. The number of fused-ring (bicyclic) bond motifs is 1. The first kappa shape index (κ1) is 12.6. The van der Waals surface area contributed by atoms with Crippen molar-refractivity contribution in [2.24, 2.45) is 0 Å². The van der Waals surface area contributed by atoms with Gasteiger partial charge in [0.15, 0.2) is 15.4 Å². The second-order valence-corrected chi connectivity index (χ2v) is 7.29. The molecule has 1 aliphatic heterocycles. The standard InChI is InChI=1S/C13H16N2O3S/c1-9-2-3-12-11(6-9)15-13(18-12)7-14-10-4-5-19(16,17)8-10/h2-3,6,10,14H,4-5,7-8H2,1H3. The maximum atomic E-state index is 11.4. The zero-order chi connectivity index (χ0) is 13.5. The Morgan fingerprint density at radius 3 is 3.05 bits per heavy atom. The van der Waals surface area contributed by atoms with Crippen molar-refractivity contribution in [1.82, 2.24) is 10.3 Å². The first-order chi connectivity index (χ1) is 9.02. The van der Waals surface area contributed by atoms with E-state index in [1.54, 1.807) is 0 Å². The molecule has 0 radical (unpaired) electrons. The third kappa shape index (κ3) is 2.79. The van der Waals surface area contributed by atoms with E-state index < -0.39 is 9.84 Å². The van der Waals surface area contributed by atoms with E-state index >= 15 is 0 Å². The quantitative estimate of drug-likeness (QED) is 0.920. The Hall–Kier alpha value is -1.40. The zero-order valence-corrected chi connectivity index (χ0v) is 11.5. The van der Waals surface area contributed by atoms with Gasteiger partial charge in [-0.2, -0.15) is 0 Å². The van der Waals surface area contributed by atoms with E-state index in [0.29, 0.717) is 18.9 Å². The Bertz CT molecular complexity index is 706. The summed E-state index contributed by atoms with van der Waals surface area (Å²) in [4.78, 5) is 4.39. The van der Waals surface area contributed by atoms with Crippen LogP contribution >= 0.6 is 0 Å². The summed E-state index contributed by atoms with van der Waals surface area (Å²) in [7, 11) is -2.84. The number of hydrogen-bond donors (Lipinski definition) is 1. The van der Waals surface area contributed by atoms with Gasteiger partial charge in [0.05, 0.1) is 18.1 Å². The fourth-order valence-corrected chi connectivity index (χ4v) is 4.06. The van der Waals surface area contributed by atoms with Gasteiger partial charge in [0.25, 0.3) is 0 Å². The van der Waals surface area contributed by atoms with Crippen LogP contribution in [0.1, 0.15) is 17.9 Å². The number of oxazole rings is 1. The lowest BCUT2D eigenvalue weighted by atomic mass is 10.2. The van der Waals surface area contributed by atoms with Gasteiger partial charge >= 0.3 is 0 Å². The maximum Gasteiger partial charge on any atom is 0.209 e. The van der Waals surface area contributed by atoms with E-state index in [2.05, 4.69) is 10.3 Å². The molecular weight excluding hydrogens is 264 g/mol. The van der Waals surface area contributed by atoms with Crippen molar-refractivity contribution in [1.29, 1.82) is 0 Å². The summed E-state index contributed by atoms with van der Waals surface area (Å²) in [5, 5.41) is 3.19. The van der Waals surface area contributed by atoms with Gasteiger partial charge in [0.1, 0.15) is 5.52 Å². The predicted octanol–water partition coefficient (Wildman–Crippen LogP) is 1.41. The zero-order valence-electron chi connectivity index (χ0n) is 10.7. The molecule has 1 N–H and O–H groups in total. The predicted molar refractivity (Wildman–Crippen MR) is 72.6 cm³/mol. The van der Waals surface area contributed by atoms with E-state index in [4.69, 9.17) is 4.42 Å². The summed E-state index contributed by atoms with van der Waals surface area (Å²) in [6.07, 6.45) is 0.668. The van der Waals surface area contributed by atoms with Gasteiger partial charge in [0.2, 0.25) is 5.89 Å². The van der Waals surface area contributed by atoms with Crippen LogP contribution in [-0.4, -0.2) is 30.9 Å². The topological polar surface area (TPSA) is 72.2 Å². The van der Waals surface area contributed by atoms with Crippen LogP contribution < -0.4 is 5.32 Å². The Morgan fingerprint density at radius 2 is 2.32 bits per heavy atom. The van der Waals surface area contributed by atoms with Crippen LogP contribution in [0.5, 0.6) is 0 Å². The molecule has 0 bridgehead atoms. The second kappa shape index (κ2) is 4.61. The molecule has 102 valence electrons. The van der Waals surface area contributed by atoms with Crippen LogP contribution in [0.3, 0.4) is 0 Å². The molecule has 6 heteroatoms. The van der Waals surface area contributed by atoms with Gasteiger partial charge in [0, 0.05) is 6.04 Å². The number of rotatable bonds is 3. The Labute approximate surface area is 111 Å². The number of sulfone groups is 1. The van der Waals surface area contributed by atoms with E-state index in [0.717, 1.165) is 16.7 Å². The minimum Gasteiger partial charge on any atom is -0.439 e. The first-order valence-corrected chi connectivity index (χ1v) is 8.14. The summed E-state index contributed by atoms with van der Waals surface area (Å²) < 4.78 is 28.3. The van der Waals surface area contributed by atoms with E-state index in [-0.39, 0.29) is 17.5 Å². The fourth-order valence-electron chi connectivity index (χ4n) is 2.35. The molecule has 5 nitrogen and oxygen atoms in total. The number of hydrogen-bond acceptors (Lipinski definition) is 5. The SMILES string of the molecule is Cc1ccc2oc(CNC3CCS(=O)(=O)C3)nc2c1. The summed E-state index contributed by atoms with van der Waals surface area (Å²) in [6, 6.07) is 5.87. The highest BCUT2D eigenvalue weighted by Gasteiger charge is 2.27. The molecule has 1 saturated heterocycles. The number of aryl methyl sites for hydroxylation is 1. The van der Waals surface area contributed by atoms with Gasteiger partial charge < -0.3 is 9.73 Å². The average molecular weight is 280 g/mol. The van der Waals surface area contributed by atoms with Crippen molar-refractivity contribution in [3.8, 4) is 0 Å². The normalized spacial score (nSPS) is 22.1. The average Bonchev–Trinajstić information content (AvgIpc) is 2.89. The number of nitrogens with one attached hydrogen (secondary N) is 1. The minimum absolute atomic E-state index is 0.0155. The summed E-state index contributed by atoms with van der Waals surface area (Å²) >= 11 is 0. The smallest absolute Gasteiger partial charge is 0.209 e. The van der Waals surface area contributed by atoms with Crippen LogP contribution in [0, 0.1) is 6.92 Å². The second-order valence-electron chi connectivity index (χ2n) is 5.06. The minimum atomic E-state index is -2.84. The van der Waals surface area contributed by atoms with E-state index in [1.807, 2.05) is 25.1 Å². The summed E-state index contributed by atoms with van der Waals surface area (Å²) in [6.45, 7) is 2.48. The monoisotopic (exact) mass is 280 g/mol. The summed E-state index contributed by atoms with van der Waals surface area (Å²) in [5.41, 5.74) is 2.75. The Kier molecular flexibility index (Phi) is 3.06. The molecule has 1 fully saturated rings. The third-order valence-corrected chi connectivity index (χ3v) is 5.13. The molecule has 1 aromatic carbocycles. The molecule has 1 aromatic heterocycles. The molecule has 0 aliphatic carbocycles. The molecule has 2 heterocycles. The highest BCUT2D eigenvalue weighted by atomic mass is 32.2. The van der Waals surface area contributed by atoms with Crippen LogP contribution in [0.25, 0.3) is 11.1 Å². The highest BCUT2D eigenvalue weighted by molar-refractivity contribution is 7.91. The number of benzene rings is 1. The molecule has 1 unspecified atom stereocenters. The van der Waals surface area contributed by atoms with Crippen molar-refractivity contribution in [3.05, 3.63) is 29.7 Å². The van der Waals surface area contributed by atoms with Crippen LogP contribution in [0.4, 0.5) is 0 Å². The maximum absolute atomic E-state index is 11.4. The number of nitrogens with zero attached hydrogens (tertiary/aromatic N) is 1. The van der Waals surface area contributed by atoms with Crippen LogP contribution in [-0.2, 0) is 16.4 Å². The molecule has 1 atom stereocenters. The third-order valence-electron chi connectivity index (χ3n) is 3.36. The lowest BCUT2D eigenvalue weighted by molar-refractivity contribution is 0.463. The van der Waals surface area contributed by atoms with Gasteiger partial charge in [-0.05, 0) is 31.0 Å². The van der Waals surface area contributed by atoms with E-state index in [9.17, 15) is 8.42 Å². The van der Waals surface area contributed by atoms with Crippen molar-refractivity contribution >= 4 is 20.9 Å².